The topological polar surface area (TPSA) is 103 Å². The van der Waals surface area contributed by atoms with Gasteiger partial charge in [0.15, 0.2) is 0 Å². The lowest BCUT2D eigenvalue weighted by Crippen LogP contribution is -2.26. The molecule has 0 aromatic rings. The third-order valence-electron chi connectivity index (χ3n) is 3.55. The summed E-state index contributed by atoms with van der Waals surface area (Å²) >= 11 is 0. The normalized spacial score (nSPS) is 11.1. The lowest BCUT2D eigenvalue weighted by atomic mass is 10.4. The van der Waals surface area contributed by atoms with Crippen LogP contribution in [0.5, 0.6) is 0 Å². The number of carbonyl (C=O) groups excluding carboxylic acids is 1. The molecule has 0 rings (SSSR count). The van der Waals surface area contributed by atoms with Crippen LogP contribution in [-0.2, 0) is 42.7 Å². The van der Waals surface area contributed by atoms with Crippen molar-refractivity contribution in [1.29, 1.82) is 0 Å². The zero-order valence-corrected chi connectivity index (χ0v) is 18.7. The number of methoxy groups -OCH3 is 1. The summed E-state index contributed by atoms with van der Waals surface area (Å²) in [6, 6.07) is 0. The van der Waals surface area contributed by atoms with Crippen LogP contribution >= 0.6 is 0 Å². The van der Waals surface area contributed by atoms with Crippen molar-refractivity contribution >= 4 is 5.91 Å². The van der Waals surface area contributed by atoms with Crippen LogP contribution < -0.4 is 5.32 Å². The molecule has 1 amide bonds. The number of hydrogen-bond acceptors (Lipinski definition) is 9. The van der Waals surface area contributed by atoms with E-state index in [0.29, 0.717) is 112 Å². The molecular formula is C20H41NO9. The first-order chi connectivity index (χ1) is 14.8. The second-order valence-electron chi connectivity index (χ2n) is 5.98. The summed E-state index contributed by atoms with van der Waals surface area (Å²) < 4.78 is 42.4. The Hall–Kier alpha value is -0.850. The van der Waals surface area contributed by atoms with Gasteiger partial charge in [-0.3, -0.25) is 4.79 Å². The fourth-order valence-electron chi connectivity index (χ4n) is 1.95. The van der Waals surface area contributed by atoms with Gasteiger partial charge in [-0.05, 0) is 0 Å². The van der Waals surface area contributed by atoms with E-state index < -0.39 is 0 Å². The monoisotopic (exact) mass is 439 g/mol. The maximum Gasteiger partial charge on any atom is 0.219 e. The fraction of sp³-hybridized carbons (Fsp3) is 0.950. The third kappa shape index (κ3) is 25.2. The van der Waals surface area contributed by atoms with Gasteiger partial charge < -0.3 is 43.2 Å². The Morgan fingerprint density at radius 2 is 0.833 bits per heavy atom. The lowest BCUT2D eigenvalue weighted by Gasteiger charge is -2.08. The zero-order valence-electron chi connectivity index (χ0n) is 18.7. The summed E-state index contributed by atoms with van der Waals surface area (Å²) in [5.41, 5.74) is 0. The summed E-state index contributed by atoms with van der Waals surface area (Å²) in [7, 11) is 1.64. The molecule has 0 radical (unpaired) electrons. The average Bonchev–Trinajstić information content (AvgIpc) is 2.76. The van der Waals surface area contributed by atoms with Crippen molar-refractivity contribution in [2.75, 3.05) is 113 Å². The van der Waals surface area contributed by atoms with E-state index >= 15 is 0 Å². The van der Waals surface area contributed by atoms with Gasteiger partial charge in [-0.25, -0.2) is 0 Å². The molecule has 0 saturated heterocycles. The van der Waals surface area contributed by atoms with Crippen LogP contribution in [-0.4, -0.2) is 119 Å². The van der Waals surface area contributed by atoms with Crippen molar-refractivity contribution in [3.63, 3.8) is 0 Å². The highest BCUT2D eigenvalue weighted by Gasteiger charge is 1.96. The Morgan fingerprint density at radius 3 is 1.13 bits per heavy atom. The molecular weight excluding hydrogens is 398 g/mol. The van der Waals surface area contributed by atoms with E-state index in [-0.39, 0.29) is 5.91 Å². The number of rotatable bonds is 25. The molecule has 0 unspecified atom stereocenters. The molecule has 180 valence electrons. The molecule has 0 aliphatic heterocycles. The van der Waals surface area contributed by atoms with Crippen LogP contribution in [0.4, 0.5) is 0 Å². The van der Waals surface area contributed by atoms with E-state index in [1.54, 1.807) is 7.11 Å². The molecule has 30 heavy (non-hydrogen) atoms. The molecule has 10 heteroatoms. The Labute approximate surface area is 180 Å². The molecule has 0 fully saturated rings. The maximum atomic E-state index is 11.0. The van der Waals surface area contributed by atoms with E-state index in [9.17, 15) is 4.79 Å². The van der Waals surface area contributed by atoms with Crippen LogP contribution in [0.1, 0.15) is 13.3 Å². The summed E-state index contributed by atoms with van der Waals surface area (Å²) in [5.74, 6) is 0.0321. The summed E-state index contributed by atoms with van der Waals surface area (Å²) in [5, 5.41) is 2.74. The van der Waals surface area contributed by atoms with Crippen LogP contribution in [0, 0.1) is 0 Å². The predicted molar refractivity (Wildman–Crippen MR) is 111 cm³/mol. The highest BCUT2D eigenvalue weighted by atomic mass is 16.6. The van der Waals surface area contributed by atoms with Gasteiger partial charge in [0.25, 0.3) is 0 Å². The number of carbonyl (C=O) groups is 1. The smallest absolute Gasteiger partial charge is 0.219 e. The molecule has 10 nitrogen and oxygen atoms in total. The van der Waals surface area contributed by atoms with Crippen molar-refractivity contribution in [3.05, 3.63) is 0 Å². The highest BCUT2D eigenvalue weighted by Crippen LogP contribution is 1.85. The Balaban J connectivity index is 3.01. The molecule has 0 aliphatic rings. The zero-order chi connectivity index (χ0) is 22.0. The minimum atomic E-state index is 0.0321. The van der Waals surface area contributed by atoms with Crippen molar-refractivity contribution in [1.82, 2.24) is 5.32 Å². The van der Waals surface area contributed by atoms with Crippen molar-refractivity contribution < 1.29 is 42.7 Å². The average molecular weight is 440 g/mol. The molecule has 0 aromatic heterocycles. The first kappa shape index (κ1) is 29.1. The summed E-state index contributed by atoms with van der Waals surface area (Å²) in [4.78, 5) is 11.0. The minimum absolute atomic E-state index is 0.0321. The maximum absolute atomic E-state index is 11.0. The molecule has 1 N–H and O–H groups in total. The van der Waals surface area contributed by atoms with Gasteiger partial charge in [0, 0.05) is 20.1 Å². The van der Waals surface area contributed by atoms with Crippen molar-refractivity contribution in [2.45, 2.75) is 13.3 Å². The molecule has 0 aromatic carbocycles. The second kappa shape index (κ2) is 26.2. The Bertz CT molecular complexity index is 348. The largest absolute Gasteiger partial charge is 0.382 e. The van der Waals surface area contributed by atoms with Crippen LogP contribution in [0.25, 0.3) is 0 Å². The van der Waals surface area contributed by atoms with E-state index in [1.165, 1.54) is 0 Å². The lowest BCUT2D eigenvalue weighted by molar-refractivity contribution is -0.121. The van der Waals surface area contributed by atoms with Gasteiger partial charge >= 0.3 is 0 Å². The molecule has 0 saturated carbocycles. The molecule has 0 aliphatic carbocycles. The van der Waals surface area contributed by atoms with E-state index in [2.05, 4.69) is 5.32 Å². The van der Waals surface area contributed by atoms with Gasteiger partial charge in [-0.15, -0.1) is 0 Å². The molecule has 0 atom stereocenters. The summed E-state index contributed by atoms with van der Waals surface area (Å²) in [6.45, 7) is 10.3. The van der Waals surface area contributed by atoms with Crippen LogP contribution in [0.3, 0.4) is 0 Å². The molecule has 0 bridgehead atoms. The molecule has 0 heterocycles. The number of amides is 1. The van der Waals surface area contributed by atoms with Gasteiger partial charge in [-0.1, -0.05) is 6.92 Å². The Kier molecular flexibility index (Phi) is 25.4. The van der Waals surface area contributed by atoms with E-state index in [4.69, 9.17) is 37.9 Å². The fourth-order valence-corrected chi connectivity index (χ4v) is 1.95. The first-order valence-electron chi connectivity index (χ1n) is 10.6. The summed E-state index contributed by atoms with van der Waals surface area (Å²) in [6.07, 6.45) is 0.491. The van der Waals surface area contributed by atoms with E-state index in [0.717, 1.165) is 0 Å². The quantitative estimate of drug-likeness (QED) is 0.201. The minimum Gasteiger partial charge on any atom is -0.382 e. The SMILES string of the molecule is CCC(=O)NCCOCCOCCOCCOCCOCCOCCOCCOC. The Morgan fingerprint density at radius 1 is 0.533 bits per heavy atom. The molecule has 0 spiro atoms. The van der Waals surface area contributed by atoms with Crippen LogP contribution in [0.2, 0.25) is 0 Å². The standard InChI is InChI=1S/C20H41NO9/c1-3-20(22)21-4-5-24-8-9-26-12-13-28-16-17-30-19-18-29-15-14-27-11-10-25-7-6-23-2/h3-19H2,1-2H3,(H,21,22). The van der Waals surface area contributed by atoms with Crippen LogP contribution in [0.15, 0.2) is 0 Å². The van der Waals surface area contributed by atoms with Gasteiger partial charge in [0.2, 0.25) is 5.91 Å². The predicted octanol–water partition coefficient (Wildman–Crippen LogP) is 0.275. The van der Waals surface area contributed by atoms with Gasteiger partial charge in [0.05, 0.1) is 99.1 Å². The van der Waals surface area contributed by atoms with Crippen molar-refractivity contribution in [2.24, 2.45) is 0 Å². The van der Waals surface area contributed by atoms with Crippen molar-refractivity contribution in [3.8, 4) is 0 Å². The van der Waals surface area contributed by atoms with Gasteiger partial charge in [0.1, 0.15) is 0 Å². The second-order valence-corrected chi connectivity index (χ2v) is 5.98. The third-order valence-corrected chi connectivity index (χ3v) is 3.55. The number of nitrogens with one attached hydrogen (secondary N) is 1. The number of hydrogen-bond donors (Lipinski definition) is 1. The number of ether oxygens (including phenoxy) is 8. The van der Waals surface area contributed by atoms with Gasteiger partial charge in [-0.2, -0.15) is 0 Å². The van der Waals surface area contributed by atoms with E-state index in [1.807, 2.05) is 6.92 Å². The highest BCUT2D eigenvalue weighted by molar-refractivity contribution is 5.75. The first-order valence-corrected chi connectivity index (χ1v) is 10.6.